The van der Waals surface area contributed by atoms with Crippen LogP contribution in [0.1, 0.15) is 30.1 Å². The number of nitrogens with zero attached hydrogens (tertiary/aromatic N) is 1. The Morgan fingerprint density at radius 3 is 2.57 bits per heavy atom. The molecule has 3 N–H and O–H groups in total. The Kier molecular flexibility index (Phi) is 4.01. The van der Waals surface area contributed by atoms with Crippen LogP contribution in [0.25, 0.3) is 0 Å². The molecule has 0 aliphatic carbocycles. The van der Waals surface area contributed by atoms with Crippen molar-refractivity contribution in [2.24, 2.45) is 5.92 Å². The van der Waals surface area contributed by atoms with E-state index in [9.17, 15) is 9.90 Å². The molecular formula is C16H23N3O2. The van der Waals surface area contributed by atoms with Crippen molar-refractivity contribution in [1.29, 1.82) is 0 Å². The summed E-state index contributed by atoms with van der Waals surface area (Å²) in [5, 5.41) is 16.3. The number of rotatable bonds is 2. The lowest BCUT2D eigenvalue weighted by molar-refractivity contribution is 0.0521. The van der Waals surface area contributed by atoms with Crippen molar-refractivity contribution in [3.63, 3.8) is 0 Å². The Morgan fingerprint density at radius 1 is 1.24 bits per heavy atom. The van der Waals surface area contributed by atoms with Crippen LogP contribution in [0.5, 0.6) is 0 Å². The van der Waals surface area contributed by atoms with E-state index < -0.39 is 0 Å². The van der Waals surface area contributed by atoms with Gasteiger partial charge in [0.2, 0.25) is 0 Å². The third-order valence-electron chi connectivity index (χ3n) is 4.53. The first-order chi connectivity index (χ1) is 10.1. The van der Waals surface area contributed by atoms with E-state index in [1.54, 1.807) is 0 Å². The van der Waals surface area contributed by atoms with Gasteiger partial charge in [-0.15, -0.1) is 0 Å². The minimum atomic E-state index is -0.277. The summed E-state index contributed by atoms with van der Waals surface area (Å²) in [6, 6.07) is 5.80. The van der Waals surface area contributed by atoms with Gasteiger partial charge in [-0.1, -0.05) is 0 Å². The van der Waals surface area contributed by atoms with E-state index in [1.165, 1.54) is 0 Å². The van der Waals surface area contributed by atoms with Gasteiger partial charge in [-0.05, 0) is 43.9 Å². The molecular weight excluding hydrogens is 266 g/mol. The van der Waals surface area contributed by atoms with E-state index in [4.69, 9.17) is 0 Å². The molecule has 3 rings (SSSR count). The van der Waals surface area contributed by atoms with Crippen LogP contribution in [-0.4, -0.2) is 48.2 Å². The Morgan fingerprint density at radius 2 is 1.90 bits per heavy atom. The highest BCUT2D eigenvalue weighted by molar-refractivity contribution is 5.96. The SMILES string of the molecule is CC(O)C1CCN(C(=O)c2ccc3c(c2)NCCN3)CC1. The van der Waals surface area contributed by atoms with E-state index in [2.05, 4.69) is 10.6 Å². The van der Waals surface area contributed by atoms with Crippen LogP contribution in [0.3, 0.4) is 0 Å². The lowest BCUT2D eigenvalue weighted by Crippen LogP contribution is -2.40. The lowest BCUT2D eigenvalue weighted by atomic mass is 9.92. The van der Waals surface area contributed by atoms with Crippen molar-refractivity contribution in [2.75, 3.05) is 36.8 Å². The molecule has 1 aromatic carbocycles. The second kappa shape index (κ2) is 5.93. The number of carbonyl (C=O) groups is 1. The van der Waals surface area contributed by atoms with Crippen LogP contribution in [0.2, 0.25) is 0 Å². The number of fused-ring (bicyclic) bond motifs is 1. The van der Waals surface area contributed by atoms with Crippen LogP contribution < -0.4 is 10.6 Å². The number of nitrogens with one attached hydrogen (secondary N) is 2. The number of hydrogen-bond acceptors (Lipinski definition) is 4. The molecule has 5 nitrogen and oxygen atoms in total. The van der Waals surface area contributed by atoms with Crippen LogP contribution in [0.4, 0.5) is 11.4 Å². The van der Waals surface area contributed by atoms with E-state index >= 15 is 0 Å². The number of hydrogen-bond donors (Lipinski definition) is 3. The normalized spacial score (nSPS) is 20.2. The van der Waals surface area contributed by atoms with Gasteiger partial charge >= 0.3 is 0 Å². The number of benzene rings is 1. The van der Waals surface area contributed by atoms with Crippen LogP contribution in [0.15, 0.2) is 18.2 Å². The van der Waals surface area contributed by atoms with Crippen LogP contribution >= 0.6 is 0 Å². The largest absolute Gasteiger partial charge is 0.393 e. The van der Waals surface area contributed by atoms with Gasteiger partial charge in [0.15, 0.2) is 0 Å². The summed E-state index contributed by atoms with van der Waals surface area (Å²) in [7, 11) is 0. The molecule has 1 fully saturated rings. The molecule has 2 aliphatic rings. The summed E-state index contributed by atoms with van der Waals surface area (Å²) in [4.78, 5) is 14.5. The predicted octanol–water partition coefficient (Wildman–Crippen LogP) is 1.76. The molecule has 0 saturated carbocycles. The number of anilines is 2. The molecule has 114 valence electrons. The summed E-state index contributed by atoms with van der Waals surface area (Å²) >= 11 is 0. The predicted molar refractivity (Wildman–Crippen MR) is 83.7 cm³/mol. The Bertz CT molecular complexity index is 522. The van der Waals surface area contributed by atoms with Crippen molar-refractivity contribution >= 4 is 17.3 Å². The second-order valence-electron chi connectivity index (χ2n) is 5.98. The maximum atomic E-state index is 12.6. The van der Waals surface area contributed by atoms with Gasteiger partial charge in [0.25, 0.3) is 5.91 Å². The first kappa shape index (κ1) is 14.2. The Hall–Kier alpha value is -1.75. The van der Waals surface area contributed by atoms with E-state index in [1.807, 2.05) is 30.0 Å². The highest BCUT2D eigenvalue weighted by Crippen LogP contribution is 2.27. The summed E-state index contributed by atoms with van der Waals surface area (Å²) in [5.41, 5.74) is 2.80. The molecule has 5 heteroatoms. The molecule has 1 saturated heterocycles. The molecule has 21 heavy (non-hydrogen) atoms. The summed E-state index contributed by atoms with van der Waals surface area (Å²) < 4.78 is 0. The fourth-order valence-corrected chi connectivity index (χ4v) is 3.14. The second-order valence-corrected chi connectivity index (χ2v) is 5.98. The molecule has 0 bridgehead atoms. The molecule has 2 aliphatic heterocycles. The number of aliphatic hydroxyl groups is 1. The highest BCUT2D eigenvalue weighted by Gasteiger charge is 2.26. The monoisotopic (exact) mass is 289 g/mol. The fourth-order valence-electron chi connectivity index (χ4n) is 3.14. The standard InChI is InChI=1S/C16H23N3O2/c1-11(20)12-4-8-19(9-5-12)16(21)13-2-3-14-15(10-13)18-7-6-17-14/h2-3,10-12,17-18,20H,4-9H2,1H3. The quantitative estimate of drug-likeness (QED) is 0.776. The first-order valence-corrected chi connectivity index (χ1v) is 7.74. The van der Waals surface area contributed by atoms with Crippen LogP contribution in [-0.2, 0) is 0 Å². The molecule has 1 unspecified atom stereocenters. The van der Waals surface area contributed by atoms with Gasteiger partial charge in [0.05, 0.1) is 17.5 Å². The van der Waals surface area contributed by atoms with Crippen molar-refractivity contribution in [2.45, 2.75) is 25.9 Å². The molecule has 1 aromatic rings. The number of aliphatic hydroxyl groups excluding tert-OH is 1. The van der Waals surface area contributed by atoms with Crippen molar-refractivity contribution < 1.29 is 9.90 Å². The maximum absolute atomic E-state index is 12.6. The molecule has 0 radical (unpaired) electrons. The third kappa shape index (κ3) is 2.97. The van der Waals surface area contributed by atoms with Gasteiger partial charge in [-0.3, -0.25) is 4.79 Å². The van der Waals surface area contributed by atoms with Crippen molar-refractivity contribution in [1.82, 2.24) is 4.90 Å². The Labute approximate surface area is 125 Å². The molecule has 1 amide bonds. The summed E-state index contributed by atoms with van der Waals surface area (Å²) in [6.45, 7) is 5.09. The van der Waals surface area contributed by atoms with Crippen molar-refractivity contribution in [3.05, 3.63) is 23.8 Å². The smallest absolute Gasteiger partial charge is 0.253 e. The summed E-state index contributed by atoms with van der Waals surface area (Å²) in [6.07, 6.45) is 1.49. The number of piperidine rings is 1. The zero-order valence-corrected chi connectivity index (χ0v) is 12.4. The zero-order chi connectivity index (χ0) is 14.8. The van der Waals surface area contributed by atoms with Crippen LogP contribution in [0, 0.1) is 5.92 Å². The van der Waals surface area contributed by atoms with Gasteiger partial charge in [0.1, 0.15) is 0 Å². The minimum absolute atomic E-state index is 0.0919. The van der Waals surface area contributed by atoms with E-state index in [0.717, 1.165) is 56.0 Å². The number of likely N-dealkylation sites (tertiary alicyclic amines) is 1. The number of carbonyl (C=O) groups excluding carboxylic acids is 1. The lowest BCUT2D eigenvalue weighted by Gasteiger charge is -2.33. The number of amides is 1. The van der Waals surface area contributed by atoms with E-state index in [-0.39, 0.29) is 12.0 Å². The minimum Gasteiger partial charge on any atom is -0.393 e. The maximum Gasteiger partial charge on any atom is 0.253 e. The highest BCUT2D eigenvalue weighted by atomic mass is 16.3. The average Bonchev–Trinajstić information content (AvgIpc) is 2.54. The average molecular weight is 289 g/mol. The van der Waals surface area contributed by atoms with Gasteiger partial charge in [0, 0.05) is 31.7 Å². The summed E-state index contributed by atoms with van der Waals surface area (Å²) in [5.74, 6) is 0.415. The van der Waals surface area contributed by atoms with Gasteiger partial charge in [-0.25, -0.2) is 0 Å². The van der Waals surface area contributed by atoms with E-state index in [0.29, 0.717) is 5.92 Å². The molecule has 0 spiro atoms. The fraction of sp³-hybridized carbons (Fsp3) is 0.562. The first-order valence-electron chi connectivity index (χ1n) is 7.74. The molecule has 0 aromatic heterocycles. The molecule has 2 heterocycles. The third-order valence-corrected chi connectivity index (χ3v) is 4.53. The zero-order valence-electron chi connectivity index (χ0n) is 12.4. The van der Waals surface area contributed by atoms with Gasteiger partial charge < -0.3 is 20.6 Å². The Balaban J connectivity index is 1.68. The van der Waals surface area contributed by atoms with Gasteiger partial charge in [-0.2, -0.15) is 0 Å². The topological polar surface area (TPSA) is 64.6 Å². The molecule has 1 atom stereocenters. The van der Waals surface area contributed by atoms with Crippen molar-refractivity contribution in [3.8, 4) is 0 Å².